The molecule has 0 bridgehead atoms. The lowest BCUT2D eigenvalue weighted by Crippen LogP contribution is -2.43. The first kappa shape index (κ1) is 21.1. The molecule has 160 valence electrons. The zero-order valence-electron chi connectivity index (χ0n) is 17.9. The summed E-state index contributed by atoms with van der Waals surface area (Å²) in [7, 11) is 0. The summed E-state index contributed by atoms with van der Waals surface area (Å²) in [5, 5.41) is 6.03. The number of carbonyl (C=O) groups is 2. The number of fused-ring (bicyclic) bond motifs is 1. The van der Waals surface area contributed by atoms with Crippen LogP contribution in [0, 0.1) is 13.8 Å². The van der Waals surface area contributed by atoms with Crippen LogP contribution in [-0.4, -0.2) is 29.9 Å². The molecule has 1 aliphatic rings. The second-order valence-corrected chi connectivity index (χ2v) is 8.64. The Morgan fingerprint density at radius 1 is 1.23 bits per heavy atom. The van der Waals surface area contributed by atoms with E-state index in [4.69, 9.17) is 9.72 Å². The number of ether oxygens (including phenoxy) is 1. The quantitative estimate of drug-likeness (QED) is 0.607. The van der Waals surface area contributed by atoms with Gasteiger partial charge in [0, 0.05) is 16.6 Å². The molecular formula is C24H25N3O3S. The van der Waals surface area contributed by atoms with E-state index in [1.54, 1.807) is 11.3 Å². The fourth-order valence-corrected chi connectivity index (χ4v) is 4.50. The fourth-order valence-electron chi connectivity index (χ4n) is 3.59. The van der Waals surface area contributed by atoms with Crippen molar-refractivity contribution in [3.8, 4) is 17.0 Å². The van der Waals surface area contributed by atoms with E-state index in [2.05, 4.69) is 12.2 Å². The molecule has 0 atom stereocenters. The zero-order valence-corrected chi connectivity index (χ0v) is 18.7. The van der Waals surface area contributed by atoms with E-state index in [-0.39, 0.29) is 25.0 Å². The highest BCUT2D eigenvalue weighted by Gasteiger charge is 2.28. The first-order valence-corrected chi connectivity index (χ1v) is 11.2. The van der Waals surface area contributed by atoms with Gasteiger partial charge in [0.05, 0.1) is 16.4 Å². The number of aromatic nitrogens is 1. The van der Waals surface area contributed by atoms with Crippen molar-refractivity contribution in [2.45, 2.75) is 33.6 Å². The molecule has 2 amide bonds. The SMILES string of the molecule is CCCc1nc(-c2ccc3c(c2)N(CC(=O)Nc2ccc(C)cc2C)C(=O)CO3)cs1. The zero-order chi connectivity index (χ0) is 22.0. The molecule has 0 radical (unpaired) electrons. The molecule has 4 rings (SSSR count). The second kappa shape index (κ2) is 8.89. The molecule has 1 N–H and O–H groups in total. The van der Waals surface area contributed by atoms with Gasteiger partial charge in [-0.25, -0.2) is 4.98 Å². The van der Waals surface area contributed by atoms with Gasteiger partial charge in [-0.1, -0.05) is 24.6 Å². The Kier molecular flexibility index (Phi) is 6.04. The van der Waals surface area contributed by atoms with Crippen LogP contribution in [0.3, 0.4) is 0 Å². The van der Waals surface area contributed by atoms with E-state index < -0.39 is 0 Å². The lowest BCUT2D eigenvalue weighted by molar-refractivity contribution is -0.123. The minimum absolute atomic E-state index is 0.0793. The van der Waals surface area contributed by atoms with Crippen LogP contribution >= 0.6 is 11.3 Å². The van der Waals surface area contributed by atoms with Crippen LogP contribution in [0.2, 0.25) is 0 Å². The number of rotatable bonds is 6. The predicted molar refractivity (Wildman–Crippen MR) is 124 cm³/mol. The van der Waals surface area contributed by atoms with Gasteiger partial charge in [0.2, 0.25) is 5.91 Å². The monoisotopic (exact) mass is 435 g/mol. The van der Waals surface area contributed by atoms with E-state index in [1.807, 2.05) is 55.6 Å². The highest BCUT2D eigenvalue weighted by molar-refractivity contribution is 7.09. The molecule has 0 aliphatic carbocycles. The van der Waals surface area contributed by atoms with Crippen LogP contribution in [0.15, 0.2) is 41.8 Å². The van der Waals surface area contributed by atoms with Gasteiger partial charge in [0.15, 0.2) is 6.61 Å². The Labute approximate surface area is 185 Å². The molecule has 7 heteroatoms. The van der Waals surface area contributed by atoms with Crippen molar-refractivity contribution >= 4 is 34.5 Å². The van der Waals surface area contributed by atoms with E-state index >= 15 is 0 Å². The Morgan fingerprint density at radius 2 is 2.06 bits per heavy atom. The van der Waals surface area contributed by atoms with Crippen LogP contribution in [0.5, 0.6) is 5.75 Å². The van der Waals surface area contributed by atoms with Gasteiger partial charge >= 0.3 is 0 Å². The van der Waals surface area contributed by atoms with Crippen LogP contribution in [0.1, 0.15) is 29.5 Å². The van der Waals surface area contributed by atoms with Gasteiger partial charge in [0.1, 0.15) is 12.3 Å². The van der Waals surface area contributed by atoms with E-state index in [9.17, 15) is 9.59 Å². The summed E-state index contributed by atoms with van der Waals surface area (Å²) < 4.78 is 5.59. The number of thiazole rings is 1. The van der Waals surface area contributed by atoms with Crippen molar-refractivity contribution in [1.82, 2.24) is 4.98 Å². The van der Waals surface area contributed by atoms with Gasteiger partial charge in [-0.2, -0.15) is 0 Å². The van der Waals surface area contributed by atoms with Crippen molar-refractivity contribution in [1.29, 1.82) is 0 Å². The van der Waals surface area contributed by atoms with Gasteiger partial charge < -0.3 is 10.1 Å². The predicted octanol–water partition coefficient (Wildman–Crippen LogP) is 4.74. The number of benzene rings is 2. The topological polar surface area (TPSA) is 71.5 Å². The lowest BCUT2D eigenvalue weighted by atomic mass is 10.1. The number of nitrogens with one attached hydrogen (secondary N) is 1. The van der Waals surface area contributed by atoms with Crippen molar-refractivity contribution in [2.24, 2.45) is 0 Å². The maximum absolute atomic E-state index is 12.7. The summed E-state index contributed by atoms with van der Waals surface area (Å²) in [6, 6.07) is 11.5. The molecule has 0 spiro atoms. The number of aryl methyl sites for hydroxylation is 3. The maximum Gasteiger partial charge on any atom is 0.265 e. The number of hydrogen-bond acceptors (Lipinski definition) is 5. The second-order valence-electron chi connectivity index (χ2n) is 7.69. The minimum atomic E-state index is -0.252. The number of amides is 2. The molecule has 1 aliphatic heterocycles. The molecule has 6 nitrogen and oxygen atoms in total. The largest absolute Gasteiger partial charge is 0.482 e. The van der Waals surface area contributed by atoms with Gasteiger partial charge in [-0.05, 0) is 56.5 Å². The lowest BCUT2D eigenvalue weighted by Gasteiger charge is -2.29. The molecule has 3 aromatic rings. The number of carbonyl (C=O) groups excluding carboxylic acids is 2. The van der Waals surface area contributed by atoms with Crippen molar-refractivity contribution in [2.75, 3.05) is 23.4 Å². The number of anilines is 2. The first-order chi connectivity index (χ1) is 14.9. The molecule has 31 heavy (non-hydrogen) atoms. The van der Waals surface area contributed by atoms with Crippen LogP contribution in [-0.2, 0) is 16.0 Å². The Balaban J connectivity index is 1.57. The average Bonchev–Trinajstić information content (AvgIpc) is 3.21. The minimum Gasteiger partial charge on any atom is -0.482 e. The van der Waals surface area contributed by atoms with Crippen LogP contribution in [0.4, 0.5) is 11.4 Å². The van der Waals surface area contributed by atoms with Crippen LogP contribution in [0.25, 0.3) is 11.3 Å². The third-order valence-corrected chi connectivity index (χ3v) is 6.08. The third-order valence-electron chi connectivity index (χ3n) is 5.17. The maximum atomic E-state index is 12.7. The Morgan fingerprint density at radius 3 is 2.84 bits per heavy atom. The standard InChI is InChI=1S/C24H25N3O3S/c1-4-5-23-26-19(14-31-23)17-7-9-21-20(11-17)27(24(29)13-30-21)12-22(28)25-18-8-6-15(2)10-16(18)3/h6-11,14H,4-5,12-13H2,1-3H3,(H,25,28). The first-order valence-electron chi connectivity index (χ1n) is 10.3. The normalized spacial score (nSPS) is 13.0. The molecule has 2 aromatic carbocycles. The van der Waals surface area contributed by atoms with Gasteiger partial charge in [-0.3, -0.25) is 14.5 Å². The molecule has 0 unspecified atom stereocenters. The summed E-state index contributed by atoms with van der Waals surface area (Å²) in [6.45, 7) is 5.92. The molecule has 1 aromatic heterocycles. The summed E-state index contributed by atoms with van der Waals surface area (Å²) >= 11 is 1.63. The smallest absolute Gasteiger partial charge is 0.265 e. The van der Waals surface area contributed by atoms with Crippen LogP contribution < -0.4 is 15.0 Å². The molecule has 0 saturated carbocycles. The number of hydrogen-bond donors (Lipinski definition) is 1. The van der Waals surface area contributed by atoms with Gasteiger partial charge in [-0.15, -0.1) is 11.3 Å². The van der Waals surface area contributed by atoms with Crippen molar-refractivity contribution < 1.29 is 14.3 Å². The third kappa shape index (κ3) is 4.61. The molecule has 0 fully saturated rings. The summed E-state index contributed by atoms with van der Waals surface area (Å²) in [5.41, 5.74) is 5.22. The summed E-state index contributed by atoms with van der Waals surface area (Å²) in [4.78, 5) is 31.5. The highest BCUT2D eigenvalue weighted by atomic mass is 32.1. The fraction of sp³-hybridized carbons (Fsp3) is 0.292. The van der Waals surface area contributed by atoms with Crippen molar-refractivity contribution in [3.05, 3.63) is 57.9 Å². The van der Waals surface area contributed by atoms with Gasteiger partial charge in [0.25, 0.3) is 5.91 Å². The van der Waals surface area contributed by atoms with E-state index in [0.717, 1.165) is 45.9 Å². The van der Waals surface area contributed by atoms with E-state index in [1.165, 1.54) is 4.90 Å². The Hall–Kier alpha value is -3.19. The molecule has 2 heterocycles. The summed E-state index contributed by atoms with van der Waals surface area (Å²) in [6.07, 6.45) is 1.99. The Bertz CT molecular complexity index is 1140. The average molecular weight is 436 g/mol. The highest BCUT2D eigenvalue weighted by Crippen LogP contribution is 2.36. The van der Waals surface area contributed by atoms with E-state index in [0.29, 0.717) is 11.4 Å². The molecular weight excluding hydrogens is 410 g/mol. The summed E-state index contributed by atoms with van der Waals surface area (Å²) in [5.74, 6) is 0.0921. The van der Waals surface area contributed by atoms with Crippen molar-refractivity contribution in [3.63, 3.8) is 0 Å². The number of nitrogens with zero attached hydrogens (tertiary/aromatic N) is 2. The molecule has 0 saturated heterocycles.